The first-order valence-corrected chi connectivity index (χ1v) is 6.24. The molecule has 0 aliphatic carbocycles. The summed E-state index contributed by atoms with van der Waals surface area (Å²) in [4.78, 5) is 2.62. The van der Waals surface area contributed by atoms with Crippen LogP contribution in [-0.2, 0) is 0 Å². The molecule has 0 aromatic carbocycles. The van der Waals surface area contributed by atoms with Gasteiger partial charge in [-0.25, -0.2) is 0 Å². The van der Waals surface area contributed by atoms with Crippen LogP contribution in [-0.4, -0.2) is 37.1 Å². The number of piperidine rings is 1. The maximum Gasteiger partial charge on any atom is 0.00988 e. The SMILES string of the molecule is CCCNCC1CC2CCC(C1)N2C. The molecular weight excluding hydrogens is 172 g/mol. The van der Waals surface area contributed by atoms with Crippen molar-refractivity contribution in [2.24, 2.45) is 5.92 Å². The van der Waals surface area contributed by atoms with E-state index < -0.39 is 0 Å². The van der Waals surface area contributed by atoms with E-state index >= 15 is 0 Å². The minimum Gasteiger partial charge on any atom is -0.316 e. The van der Waals surface area contributed by atoms with Gasteiger partial charge in [0.25, 0.3) is 0 Å². The van der Waals surface area contributed by atoms with Gasteiger partial charge in [0.2, 0.25) is 0 Å². The minimum absolute atomic E-state index is 0.905. The summed E-state index contributed by atoms with van der Waals surface area (Å²) in [5, 5.41) is 3.57. The molecule has 0 aromatic rings. The molecule has 2 heterocycles. The zero-order valence-electron chi connectivity index (χ0n) is 9.63. The molecule has 0 spiro atoms. The van der Waals surface area contributed by atoms with Gasteiger partial charge in [-0.1, -0.05) is 6.92 Å². The molecule has 1 N–H and O–H groups in total. The zero-order valence-corrected chi connectivity index (χ0v) is 9.63. The Labute approximate surface area is 88.1 Å². The van der Waals surface area contributed by atoms with E-state index in [1.807, 2.05) is 0 Å². The molecule has 2 fully saturated rings. The molecule has 2 atom stereocenters. The van der Waals surface area contributed by atoms with Crippen LogP contribution in [0, 0.1) is 5.92 Å². The van der Waals surface area contributed by atoms with Gasteiger partial charge in [-0.2, -0.15) is 0 Å². The molecule has 14 heavy (non-hydrogen) atoms. The Kier molecular flexibility index (Phi) is 3.45. The fourth-order valence-corrected chi connectivity index (χ4v) is 3.17. The van der Waals surface area contributed by atoms with E-state index in [0.29, 0.717) is 0 Å². The number of nitrogens with one attached hydrogen (secondary N) is 1. The van der Waals surface area contributed by atoms with Crippen molar-refractivity contribution in [3.05, 3.63) is 0 Å². The smallest absolute Gasteiger partial charge is 0.00988 e. The van der Waals surface area contributed by atoms with Gasteiger partial charge in [0, 0.05) is 12.1 Å². The van der Waals surface area contributed by atoms with Crippen LogP contribution < -0.4 is 5.32 Å². The Balaban J connectivity index is 1.76. The lowest BCUT2D eigenvalue weighted by Gasteiger charge is -2.36. The van der Waals surface area contributed by atoms with E-state index in [-0.39, 0.29) is 0 Å². The second-order valence-electron chi connectivity index (χ2n) is 5.09. The van der Waals surface area contributed by atoms with E-state index in [2.05, 4.69) is 24.2 Å². The Morgan fingerprint density at radius 1 is 1.21 bits per heavy atom. The van der Waals surface area contributed by atoms with Gasteiger partial charge < -0.3 is 10.2 Å². The summed E-state index contributed by atoms with van der Waals surface area (Å²) in [7, 11) is 2.32. The summed E-state index contributed by atoms with van der Waals surface area (Å²) in [6.45, 7) is 4.70. The third kappa shape index (κ3) is 2.12. The Bertz CT molecular complexity index is 167. The minimum atomic E-state index is 0.905. The molecule has 2 unspecified atom stereocenters. The summed E-state index contributed by atoms with van der Waals surface area (Å²) in [6, 6.07) is 1.81. The van der Waals surface area contributed by atoms with Crippen LogP contribution in [0.3, 0.4) is 0 Å². The van der Waals surface area contributed by atoms with Crippen LogP contribution in [0.4, 0.5) is 0 Å². The predicted molar refractivity (Wildman–Crippen MR) is 60.5 cm³/mol. The van der Waals surface area contributed by atoms with Crippen molar-refractivity contribution in [2.75, 3.05) is 20.1 Å². The van der Waals surface area contributed by atoms with Gasteiger partial charge in [-0.15, -0.1) is 0 Å². The lowest BCUT2D eigenvalue weighted by molar-refractivity contribution is 0.133. The predicted octanol–water partition coefficient (Wildman–Crippen LogP) is 1.86. The van der Waals surface area contributed by atoms with E-state index in [0.717, 1.165) is 18.0 Å². The number of nitrogens with zero attached hydrogens (tertiary/aromatic N) is 1. The number of fused-ring (bicyclic) bond motifs is 2. The van der Waals surface area contributed by atoms with Crippen molar-refractivity contribution < 1.29 is 0 Å². The molecule has 2 heteroatoms. The zero-order chi connectivity index (χ0) is 9.97. The highest BCUT2D eigenvalue weighted by atomic mass is 15.2. The standard InChI is InChI=1S/C12H24N2/c1-3-6-13-9-10-7-11-4-5-12(8-10)14(11)2/h10-13H,3-9H2,1-2H3. The van der Waals surface area contributed by atoms with Crippen LogP contribution >= 0.6 is 0 Å². The van der Waals surface area contributed by atoms with Crippen LogP contribution in [0.1, 0.15) is 39.0 Å². The number of hydrogen-bond donors (Lipinski definition) is 1. The molecule has 2 aliphatic heterocycles. The largest absolute Gasteiger partial charge is 0.316 e. The third-order valence-corrected chi connectivity index (χ3v) is 4.06. The van der Waals surface area contributed by atoms with Crippen molar-refractivity contribution in [1.29, 1.82) is 0 Å². The van der Waals surface area contributed by atoms with E-state index in [4.69, 9.17) is 0 Å². The monoisotopic (exact) mass is 196 g/mol. The molecular formula is C12H24N2. The lowest BCUT2D eigenvalue weighted by atomic mass is 9.91. The fraction of sp³-hybridized carbons (Fsp3) is 1.00. The molecule has 82 valence electrons. The summed E-state index contributed by atoms with van der Waals surface area (Å²) in [5.41, 5.74) is 0. The van der Waals surface area contributed by atoms with E-state index in [9.17, 15) is 0 Å². The number of hydrogen-bond acceptors (Lipinski definition) is 2. The Morgan fingerprint density at radius 2 is 1.86 bits per heavy atom. The van der Waals surface area contributed by atoms with Crippen molar-refractivity contribution >= 4 is 0 Å². The van der Waals surface area contributed by atoms with Crippen LogP contribution in [0.2, 0.25) is 0 Å². The molecule has 0 aromatic heterocycles. The van der Waals surface area contributed by atoms with Gasteiger partial charge in [0.05, 0.1) is 0 Å². The summed E-state index contributed by atoms with van der Waals surface area (Å²) >= 11 is 0. The van der Waals surface area contributed by atoms with Crippen molar-refractivity contribution in [3.8, 4) is 0 Å². The highest BCUT2D eigenvalue weighted by Gasteiger charge is 2.37. The fourth-order valence-electron chi connectivity index (χ4n) is 3.17. The van der Waals surface area contributed by atoms with Crippen LogP contribution in [0.5, 0.6) is 0 Å². The first-order valence-electron chi connectivity index (χ1n) is 6.24. The highest BCUT2D eigenvalue weighted by molar-refractivity contribution is 4.93. The van der Waals surface area contributed by atoms with Crippen molar-refractivity contribution in [1.82, 2.24) is 10.2 Å². The van der Waals surface area contributed by atoms with Crippen molar-refractivity contribution in [2.45, 2.75) is 51.1 Å². The average molecular weight is 196 g/mol. The number of rotatable bonds is 4. The first-order chi connectivity index (χ1) is 6.81. The maximum atomic E-state index is 3.57. The quantitative estimate of drug-likeness (QED) is 0.690. The van der Waals surface area contributed by atoms with E-state index in [1.54, 1.807) is 0 Å². The normalized spacial score (nSPS) is 37.7. The summed E-state index contributed by atoms with van der Waals surface area (Å²) < 4.78 is 0. The molecule has 2 rings (SSSR count). The highest BCUT2D eigenvalue weighted by Crippen LogP contribution is 2.36. The maximum absolute atomic E-state index is 3.57. The van der Waals surface area contributed by atoms with Gasteiger partial charge in [0.1, 0.15) is 0 Å². The second kappa shape index (κ2) is 4.63. The van der Waals surface area contributed by atoms with Gasteiger partial charge in [0.15, 0.2) is 0 Å². The summed E-state index contributed by atoms with van der Waals surface area (Å²) in [6.07, 6.45) is 7.03. The van der Waals surface area contributed by atoms with E-state index in [1.165, 1.54) is 45.2 Å². The molecule has 0 amide bonds. The third-order valence-electron chi connectivity index (χ3n) is 4.06. The molecule has 2 aliphatic rings. The second-order valence-corrected chi connectivity index (χ2v) is 5.09. The van der Waals surface area contributed by atoms with Gasteiger partial charge >= 0.3 is 0 Å². The Morgan fingerprint density at radius 3 is 2.43 bits per heavy atom. The molecule has 2 nitrogen and oxygen atoms in total. The summed E-state index contributed by atoms with van der Waals surface area (Å²) in [5.74, 6) is 0.954. The average Bonchev–Trinajstić information content (AvgIpc) is 2.41. The van der Waals surface area contributed by atoms with Crippen LogP contribution in [0.25, 0.3) is 0 Å². The topological polar surface area (TPSA) is 15.3 Å². The lowest BCUT2D eigenvalue weighted by Crippen LogP contribution is -2.42. The molecule has 0 radical (unpaired) electrons. The first kappa shape index (κ1) is 10.4. The molecule has 2 saturated heterocycles. The van der Waals surface area contributed by atoms with Gasteiger partial charge in [-0.05, 0) is 58.2 Å². The molecule has 2 bridgehead atoms. The van der Waals surface area contributed by atoms with Crippen LogP contribution in [0.15, 0.2) is 0 Å². The molecule has 0 saturated carbocycles. The van der Waals surface area contributed by atoms with Gasteiger partial charge in [-0.3, -0.25) is 0 Å². The van der Waals surface area contributed by atoms with Crippen molar-refractivity contribution in [3.63, 3.8) is 0 Å². The Hall–Kier alpha value is -0.0800.